The fraction of sp³-hybridized carbons (Fsp3) is 0. The van der Waals surface area contributed by atoms with Crippen LogP contribution in [0.15, 0.2) is 183 Å². The van der Waals surface area contributed by atoms with Crippen molar-refractivity contribution in [2.75, 3.05) is 4.90 Å². The molecule has 0 fully saturated rings. The molecule has 258 valence electrons. The van der Waals surface area contributed by atoms with Gasteiger partial charge in [0.2, 0.25) is 5.89 Å². The lowest BCUT2D eigenvalue weighted by Crippen LogP contribution is -2.09. The summed E-state index contributed by atoms with van der Waals surface area (Å²) in [5, 5.41) is 6.69. The first-order chi connectivity index (χ1) is 27.2. The lowest BCUT2D eigenvalue weighted by molar-refractivity contribution is 0.622. The van der Waals surface area contributed by atoms with Crippen molar-refractivity contribution in [3.8, 4) is 22.6 Å². The van der Waals surface area contributed by atoms with Gasteiger partial charge in [0.1, 0.15) is 27.8 Å². The summed E-state index contributed by atoms with van der Waals surface area (Å²) >= 11 is 1.83. The van der Waals surface area contributed by atoms with E-state index in [1.807, 2.05) is 65.9 Å². The maximum atomic E-state index is 6.43. The van der Waals surface area contributed by atoms with Crippen LogP contribution in [-0.4, -0.2) is 4.98 Å². The zero-order valence-corrected chi connectivity index (χ0v) is 30.0. The Morgan fingerprint density at radius 1 is 0.400 bits per heavy atom. The second-order valence-electron chi connectivity index (χ2n) is 13.9. The van der Waals surface area contributed by atoms with Gasteiger partial charge in [0.15, 0.2) is 5.58 Å². The zero-order valence-electron chi connectivity index (χ0n) is 29.2. The van der Waals surface area contributed by atoms with Gasteiger partial charge in [-0.25, -0.2) is 4.98 Å². The molecule has 0 atom stereocenters. The highest BCUT2D eigenvalue weighted by Crippen LogP contribution is 2.43. The normalized spacial score (nSPS) is 12.0. The van der Waals surface area contributed by atoms with Crippen LogP contribution in [0.1, 0.15) is 0 Å². The fourth-order valence-electron chi connectivity index (χ4n) is 8.09. The SMILES string of the molecule is c1ccc(-c2nc3ccc4oc5cc(-c6ccc(N(c7ccc8c(c7)oc7ccccc78)c7ccc8sc9ccccc9c8c7)cc6)ccc5c4c3o2)cc1. The van der Waals surface area contributed by atoms with Crippen molar-refractivity contribution in [3.63, 3.8) is 0 Å². The summed E-state index contributed by atoms with van der Waals surface area (Å²) in [6.07, 6.45) is 0. The highest BCUT2D eigenvalue weighted by Gasteiger charge is 2.19. The van der Waals surface area contributed by atoms with Crippen LogP contribution in [-0.2, 0) is 0 Å². The van der Waals surface area contributed by atoms with Gasteiger partial charge in [-0.15, -0.1) is 11.3 Å². The molecule has 12 rings (SSSR count). The largest absolute Gasteiger partial charge is 0.456 e. The predicted octanol–water partition coefficient (Wildman–Crippen LogP) is 14.8. The molecule has 0 radical (unpaired) electrons. The smallest absolute Gasteiger partial charge is 0.227 e. The highest BCUT2D eigenvalue weighted by atomic mass is 32.1. The lowest BCUT2D eigenvalue weighted by Gasteiger charge is -2.26. The standard InChI is InChI=1S/C49H28N2O3S/c1-2-8-30(9-3-1)49-50-40-23-24-42-47(48(40)54-49)38-21-16-31(26-43(38)53-42)29-14-17-32(18-15-29)51(33-20-25-46-39(27-33)37-11-5-7-13-45(37)55-46)34-19-22-36-35-10-4-6-12-41(35)52-44(36)28-34/h1-28H. The Morgan fingerprint density at radius 3 is 1.98 bits per heavy atom. The third-order valence-electron chi connectivity index (χ3n) is 10.7. The van der Waals surface area contributed by atoms with Crippen LogP contribution < -0.4 is 4.90 Å². The number of aromatic nitrogens is 1. The molecule has 0 aliphatic carbocycles. The minimum Gasteiger partial charge on any atom is -0.456 e. The Kier molecular flexibility index (Phi) is 6.44. The van der Waals surface area contributed by atoms with Gasteiger partial charge in [0.05, 0.1) is 5.39 Å². The van der Waals surface area contributed by atoms with E-state index in [9.17, 15) is 0 Å². The minimum absolute atomic E-state index is 0.601. The first-order valence-electron chi connectivity index (χ1n) is 18.3. The molecule has 0 saturated heterocycles. The van der Waals surface area contributed by atoms with Crippen LogP contribution in [0.25, 0.3) is 97.7 Å². The van der Waals surface area contributed by atoms with Crippen molar-refractivity contribution in [2.24, 2.45) is 0 Å². The van der Waals surface area contributed by atoms with Crippen LogP contribution in [0.3, 0.4) is 0 Å². The number of benzene rings is 8. The molecule has 0 N–H and O–H groups in total. The summed E-state index contributed by atoms with van der Waals surface area (Å²) in [5.41, 5.74) is 11.1. The van der Waals surface area contributed by atoms with Crippen LogP contribution in [0.2, 0.25) is 0 Å². The van der Waals surface area contributed by atoms with Crippen LogP contribution in [0.4, 0.5) is 17.1 Å². The summed E-state index contributed by atoms with van der Waals surface area (Å²) < 4.78 is 21.7. The fourth-order valence-corrected chi connectivity index (χ4v) is 9.17. The predicted molar refractivity (Wildman–Crippen MR) is 227 cm³/mol. The summed E-state index contributed by atoms with van der Waals surface area (Å²) in [7, 11) is 0. The Morgan fingerprint density at radius 2 is 1.07 bits per heavy atom. The summed E-state index contributed by atoms with van der Waals surface area (Å²) in [4.78, 5) is 7.10. The first kappa shape index (κ1) is 30.3. The maximum Gasteiger partial charge on any atom is 0.227 e. The average Bonchev–Trinajstić information content (AvgIpc) is 4.02. The van der Waals surface area contributed by atoms with E-state index in [0.717, 1.165) is 88.7 Å². The van der Waals surface area contributed by atoms with E-state index < -0.39 is 0 Å². The van der Waals surface area contributed by atoms with Gasteiger partial charge in [0, 0.05) is 65.0 Å². The Labute approximate surface area is 317 Å². The number of furan rings is 2. The van der Waals surface area contributed by atoms with Gasteiger partial charge in [-0.05, 0) is 102 Å². The van der Waals surface area contributed by atoms with E-state index in [1.54, 1.807) is 0 Å². The highest BCUT2D eigenvalue weighted by molar-refractivity contribution is 7.25. The maximum absolute atomic E-state index is 6.43. The molecule has 55 heavy (non-hydrogen) atoms. The van der Waals surface area contributed by atoms with E-state index in [1.165, 1.54) is 20.2 Å². The van der Waals surface area contributed by atoms with Gasteiger partial charge in [-0.2, -0.15) is 0 Å². The number of rotatable bonds is 5. The summed E-state index contributed by atoms with van der Waals surface area (Å²) in [6.45, 7) is 0. The minimum atomic E-state index is 0.601. The molecule has 8 aromatic carbocycles. The molecule has 12 aromatic rings. The summed E-state index contributed by atoms with van der Waals surface area (Å²) in [5.74, 6) is 0.601. The Balaban J connectivity index is 0.961. The van der Waals surface area contributed by atoms with Crippen LogP contribution >= 0.6 is 11.3 Å². The third-order valence-corrected chi connectivity index (χ3v) is 11.9. The summed E-state index contributed by atoms with van der Waals surface area (Å²) in [6, 6.07) is 59.3. The van der Waals surface area contributed by atoms with E-state index in [2.05, 4.69) is 120 Å². The number of anilines is 3. The van der Waals surface area contributed by atoms with Crippen LogP contribution in [0, 0.1) is 0 Å². The number of oxazole rings is 1. The van der Waals surface area contributed by atoms with Crippen molar-refractivity contribution in [2.45, 2.75) is 0 Å². The average molecular weight is 725 g/mol. The van der Waals surface area contributed by atoms with Crippen LogP contribution in [0.5, 0.6) is 0 Å². The molecular formula is C49H28N2O3S. The topological polar surface area (TPSA) is 55.6 Å². The van der Waals surface area contributed by atoms with Gasteiger partial charge in [0.25, 0.3) is 0 Å². The second kappa shape index (κ2) is 11.7. The molecule has 4 heterocycles. The number of nitrogens with zero attached hydrogens (tertiary/aromatic N) is 2. The quantitative estimate of drug-likeness (QED) is 0.177. The number of hydrogen-bond donors (Lipinski definition) is 0. The molecule has 0 bridgehead atoms. The molecule has 0 saturated carbocycles. The lowest BCUT2D eigenvalue weighted by atomic mass is 10.0. The van der Waals surface area contributed by atoms with Crippen molar-refractivity contribution in [1.82, 2.24) is 4.98 Å². The first-order valence-corrected chi connectivity index (χ1v) is 19.1. The van der Waals surface area contributed by atoms with Crippen molar-refractivity contribution >= 4 is 104 Å². The van der Waals surface area contributed by atoms with Gasteiger partial charge < -0.3 is 18.2 Å². The van der Waals surface area contributed by atoms with E-state index in [4.69, 9.17) is 18.2 Å². The van der Waals surface area contributed by atoms with Crippen molar-refractivity contribution in [3.05, 3.63) is 170 Å². The molecule has 0 spiro atoms. The van der Waals surface area contributed by atoms with Gasteiger partial charge in [-0.3, -0.25) is 0 Å². The molecule has 0 aliphatic rings. The number of fused-ring (bicyclic) bond motifs is 11. The monoisotopic (exact) mass is 724 g/mol. The molecular weight excluding hydrogens is 697 g/mol. The number of para-hydroxylation sites is 1. The molecule has 0 amide bonds. The van der Waals surface area contributed by atoms with Crippen molar-refractivity contribution in [1.29, 1.82) is 0 Å². The van der Waals surface area contributed by atoms with E-state index >= 15 is 0 Å². The molecule has 5 nitrogen and oxygen atoms in total. The Hall–Kier alpha value is -7.15. The third kappa shape index (κ3) is 4.75. The molecule has 6 heteroatoms. The Bertz CT molecular complexity index is 3440. The molecule has 0 aliphatic heterocycles. The van der Waals surface area contributed by atoms with E-state index in [-0.39, 0.29) is 0 Å². The van der Waals surface area contributed by atoms with E-state index in [0.29, 0.717) is 5.89 Å². The second-order valence-corrected chi connectivity index (χ2v) is 15.0. The van der Waals surface area contributed by atoms with Gasteiger partial charge >= 0.3 is 0 Å². The number of thiophene rings is 1. The molecule has 4 aromatic heterocycles. The number of hydrogen-bond acceptors (Lipinski definition) is 6. The zero-order chi connectivity index (χ0) is 36.0. The van der Waals surface area contributed by atoms with Gasteiger partial charge in [-0.1, -0.05) is 72.8 Å². The van der Waals surface area contributed by atoms with Crippen molar-refractivity contribution < 1.29 is 13.3 Å². The molecule has 0 unspecified atom stereocenters.